The molecule has 0 saturated carbocycles. The maximum absolute atomic E-state index is 13.1. The van der Waals surface area contributed by atoms with Gasteiger partial charge in [-0.1, -0.05) is 77.6 Å². The molecule has 17 nitrogen and oxygen atoms in total. The lowest BCUT2D eigenvalue weighted by molar-refractivity contribution is -0.00100. The van der Waals surface area contributed by atoms with Gasteiger partial charge < -0.3 is 69.9 Å². The van der Waals surface area contributed by atoms with Crippen molar-refractivity contribution in [1.82, 2.24) is 35.6 Å². The van der Waals surface area contributed by atoms with E-state index in [1.807, 2.05) is 31.3 Å². The topological polar surface area (TPSA) is 215 Å². The highest BCUT2D eigenvalue weighted by Gasteiger charge is 2.30. The van der Waals surface area contributed by atoms with Crippen molar-refractivity contribution in [2.24, 2.45) is 5.92 Å². The minimum Gasteiger partial charge on any atom is -1.00 e. The normalized spacial score (nSPS) is 16.4. The number of rotatable bonds is 29. The number of nitrogens with zero attached hydrogens (tertiary/aromatic N) is 1. The highest BCUT2D eigenvalue weighted by Crippen LogP contribution is 2.44. The van der Waals surface area contributed by atoms with Gasteiger partial charge in [-0.25, -0.2) is 35.9 Å². The van der Waals surface area contributed by atoms with E-state index in [2.05, 4.69) is 42.5 Å². The number of unbranched alkanes of at least 4 members (excludes halogenated alkanes) is 1. The smallest absolute Gasteiger partial charge is 0.314 e. The molecule has 25 heteroatoms. The van der Waals surface area contributed by atoms with E-state index in [-0.39, 0.29) is 131 Å². The molecule has 422 valence electrons. The van der Waals surface area contributed by atoms with Crippen LogP contribution in [0.25, 0.3) is 0 Å². The number of fused-ring (bicyclic) bond motifs is 2. The molecule has 4 aromatic carbocycles. The van der Waals surface area contributed by atoms with Crippen LogP contribution in [0.2, 0.25) is 20.1 Å². The molecule has 1 aliphatic carbocycles. The maximum Gasteiger partial charge on any atom is 0.314 e. The van der Waals surface area contributed by atoms with Crippen molar-refractivity contribution < 1.29 is 70.2 Å². The van der Waals surface area contributed by atoms with Crippen LogP contribution in [0.15, 0.2) is 82.6 Å². The molecule has 1 heterocycles. The predicted molar refractivity (Wildman–Crippen MR) is 289 cm³/mol. The molecule has 76 heavy (non-hydrogen) atoms. The summed E-state index contributed by atoms with van der Waals surface area (Å²) in [6.07, 6.45) is 3.01. The summed E-state index contributed by atoms with van der Waals surface area (Å²) in [5.41, 5.74) is 5.83. The third kappa shape index (κ3) is 20.5. The summed E-state index contributed by atoms with van der Waals surface area (Å²) in [5.74, 6) is 0.260. The van der Waals surface area contributed by atoms with E-state index in [1.165, 1.54) is 0 Å². The van der Waals surface area contributed by atoms with Gasteiger partial charge in [-0.05, 0) is 121 Å². The molecular weight excluding hydrogens is 1150 g/mol. The Labute approximate surface area is 479 Å². The summed E-state index contributed by atoms with van der Waals surface area (Å²) in [4.78, 5) is 26.7. The molecule has 0 fully saturated rings. The minimum absolute atomic E-state index is 0. The third-order valence-electron chi connectivity index (χ3n) is 12.5. The van der Waals surface area contributed by atoms with Crippen LogP contribution >= 0.6 is 46.4 Å². The zero-order chi connectivity index (χ0) is 53.1. The monoisotopic (exact) mass is 1210 g/mol. The number of benzene rings is 4. The fraction of sp³-hybridized carbons (Fsp3) is 0.490. The van der Waals surface area contributed by atoms with Crippen molar-refractivity contribution in [3.8, 4) is 0 Å². The molecule has 0 radical (unpaired) electrons. The van der Waals surface area contributed by atoms with Crippen LogP contribution in [0.1, 0.15) is 71.4 Å². The zero-order valence-corrected chi connectivity index (χ0v) is 48.6. The number of amides is 4. The Morgan fingerprint density at radius 2 is 0.987 bits per heavy atom. The second-order valence-corrected chi connectivity index (χ2v) is 23.4. The minimum atomic E-state index is -3.79. The zero-order valence-electron chi connectivity index (χ0n) is 42.4. The van der Waals surface area contributed by atoms with Crippen LogP contribution < -0.4 is 55.5 Å². The van der Waals surface area contributed by atoms with Crippen molar-refractivity contribution in [3.05, 3.63) is 126 Å². The Hall–Kier alpha value is -3.22. The molecule has 6 rings (SSSR count). The maximum atomic E-state index is 13.1. The standard InChI is InChI=1S/C51H67Cl4N7O10S2.2ClH/c1-35-25-42(43-29-38(52)31-48(54)45(43)26-35)36-7-5-9-40(27-36)73(65,66)60-15-19-71-23-21-69-17-13-58-50(63)56-11-3-4-12-57-51(64)59-14-18-70-22-24-72-20-16-61-74(67,68)41-10-6-8-37(28-41)46-33-62(2)34-47-44(46)30-39(53)32-49(47)55;;/h5-10,27-32,35,42,46,60-61H,3-4,11-26,33-34H2,1-2H3,(H2,56,58,63)(H2,57,59,64);2*1H/p-2/t35?,42-,46-;;/m0../s1. The second-order valence-electron chi connectivity index (χ2n) is 18.2. The Bertz CT molecular complexity index is 2550. The number of urea groups is 2. The van der Waals surface area contributed by atoms with E-state index in [0.29, 0.717) is 71.6 Å². The fourth-order valence-electron chi connectivity index (χ4n) is 8.91. The number of sulfonamides is 2. The van der Waals surface area contributed by atoms with Gasteiger partial charge in [-0.3, -0.25) is 0 Å². The van der Waals surface area contributed by atoms with Crippen LogP contribution in [0, 0.1) is 5.92 Å². The van der Waals surface area contributed by atoms with Crippen LogP contribution in [0.5, 0.6) is 0 Å². The lowest BCUT2D eigenvalue weighted by Gasteiger charge is -2.33. The summed E-state index contributed by atoms with van der Waals surface area (Å²) in [7, 11) is -5.57. The lowest BCUT2D eigenvalue weighted by Crippen LogP contribution is -3.00. The predicted octanol–water partition coefficient (Wildman–Crippen LogP) is 1.30. The van der Waals surface area contributed by atoms with Crippen molar-refractivity contribution in [3.63, 3.8) is 0 Å². The Morgan fingerprint density at radius 3 is 1.47 bits per heavy atom. The molecule has 3 atom stereocenters. The van der Waals surface area contributed by atoms with Crippen molar-refractivity contribution in [2.75, 3.05) is 106 Å². The molecule has 0 aromatic heterocycles. The number of ether oxygens (including phenoxy) is 4. The summed E-state index contributed by atoms with van der Waals surface area (Å²) >= 11 is 25.7. The van der Waals surface area contributed by atoms with Gasteiger partial charge in [0.15, 0.2) is 0 Å². The molecule has 4 amide bonds. The highest BCUT2D eigenvalue weighted by molar-refractivity contribution is 7.89. The Balaban J connectivity index is 0.00000624. The van der Waals surface area contributed by atoms with Crippen LogP contribution in [0.3, 0.4) is 0 Å². The van der Waals surface area contributed by atoms with Crippen LogP contribution in [-0.2, 0) is 52.0 Å². The number of halogens is 6. The van der Waals surface area contributed by atoms with E-state index in [4.69, 9.17) is 65.4 Å². The first-order valence-corrected chi connectivity index (χ1v) is 29.2. The molecule has 0 spiro atoms. The van der Waals surface area contributed by atoms with Gasteiger partial charge in [0.2, 0.25) is 20.0 Å². The largest absolute Gasteiger partial charge is 1.00 e. The SMILES string of the molecule is CC1Cc2c(Cl)cc(Cl)cc2[C@H](c2cccc(S(=O)(=O)NCCOCCOCCNC(=O)NCCCCNC(=O)NCCOCCOCCNS(=O)(=O)c3cccc([C@@H]4CN(C)Cc5c(Cl)cc(Cl)cc54)c3)c2)C1.[Cl-].[Cl-]. The molecule has 6 N–H and O–H groups in total. The quantitative estimate of drug-likeness (QED) is 0.0427. The molecule has 1 aliphatic heterocycles. The lowest BCUT2D eigenvalue weighted by atomic mass is 9.74. The summed E-state index contributed by atoms with van der Waals surface area (Å²) in [6, 6.07) is 20.5. The van der Waals surface area contributed by atoms with E-state index in [9.17, 15) is 26.4 Å². The van der Waals surface area contributed by atoms with E-state index in [1.54, 1.807) is 48.5 Å². The van der Waals surface area contributed by atoms with Crippen LogP contribution in [0.4, 0.5) is 9.59 Å². The van der Waals surface area contributed by atoms with Gasteiger partial charge in [-0.15, -0.1) is 0 Å². The fourth-order valence-corrected chi connectivity index (χ4v) is 12.2. The van der Waals surface area contributed by atoms with Gasteiger partial charge in [0.05, 0.1) is 62.6 Å². The van der Waals surface area contributed by atoms with Crippen molar-refractivity contribution in [2.45, 2.75) is 60.8 Å². The number of nitrogens with one attached hydrogen (secondary N) is 6. The second kappa shape index (κ2) is 32.8. The molecule has 1 unspecified atom stereocenters. The molecule has 2 aliphatic rings. The van der Waals surface area contributed by atoms with Gasteiger partial charge in [0, 0.05) is 84.3 Å². The van der Waals surface area contributed by atoms with E-state index >= 15 is 0 Å². The number of likely N-dealkylation sites (N-methyl/N-ethyl adjacent to an activating group) is 1. The van der Waals surface area contributed by atoms with Crippen molar-refractivity contribution in [1.29, 1.82) is 0 Å². The molecule has 0 bridgehead atoms. The number of carbonyl (C=O) groups excluding carboxylic acids is 2. The van der Waals surface area contributed by atoms with Gasteiger partial charge >= 0.3 is 12.1 Å². The van der Waals surface area contributed by atoms with Gasteiger partial charge in [0.25, 0.3) is 0 Å². The number of hydrogen-bond donors (Lipinski definition) is 6. The summed E-state index contributed by atoms with van der Waals surface area (Å²) in [6.45, 7) is 7.02. The molecular formula is C51H67Cl6N7O10S2-2. The van der Waals surface area contributed by atoms with E-state index < -0.39 is 20.0 Å². The first kappa shape index (κ1) is 65.3. The number of carbonyl (C=O) groups is 2. The number of hydrogen-bond acceptors (Lipinski definition) is 11. The first-order chi connectivity index (χ1) is 35.5. The summed E-state index contributed by atoms with van der Waals surface area (Å²) in [5, 5.41) is 13.3. The Kier molecular flexibility index (Phi) is 28.1. The first-order valence-electron chi connectivity index (χ1n) is 24.7. The van der Waals surface area contributed by atoms with E-state index in [0.717, 1.165) is 46.2 Å². The molecule has 4 aromatic rings. The van der Waals surface area contributed by atoms with Gasteiger partial charge in [0.1, 0.15) is 0 Å². The Morgan fingerprint density at radius 1 is 0.566 bits per heavy atom. The summed E-state index contributed by atoms with van der Waals surface area (Å²) < 4.78 is 79.8. The van der Waals surface area contributed by atoms with Crippen molar-refractivity contribution >= 4 is 78.5 Å². The third-order valence-corrected chi connectivity index (χ3v) is 16.5. The van der Waals surface area contributed by atoms with Gasteiger partial charge in [-0.2, -0.15) is 0 Å². The highest BCUT2D eigenvalue weighted by atomic mass is 35.5. The average molecular weight is 1210 g/mol. The average Bonchev–Trinajstić information content (AvgIpc) is 3.36. The molecule has 0 saturated heterocycles. The van der Waals surface area contributed by atoms with Crippen LogP contribution in [-0.4, -0.2) is 140 Å².